The summed E-state index contributed by atoms with van der Waals surface area (Å²) in [6.07, 6.45) is 2.02. The highest BCUT2D eigenvalue weighted by Gasteiger charge is 2.43. The van der Waals surface area contributed by atoms with E-state index in [1.165, 1.54) is 4.90 Å². The monoisotopic (exact) mass is 409 g/mol. The first kappa shape index (κ1) is 21.4. The Hall–Kier alpha value is -3.35. The second-order valence-electron chi connectivity index (χ2n) is 7.66. The van der Waals surface area contributed by atoms with Crippen LogP contribution in [0.4, 0.5) is 17.1 Å². The van der Waals surface area contributed by atoms with Gasteiger partial charge >= 0.3 is 5.97 Å². The summed E-state index contributed by atoms with van der Waals surface area (Å²) in [5, 5.41) is 6.04. The van der Waals surface area contributed by atoms with Crippen molar-refractivity contribution in [2.24, 2.45) is 0 Å². The van der Waals surface area contributed by atoms with Crippen LogP contribution in [0.2, 0.25) is 0 Å². The van der Waals surface area contributed by atoms with Crippen LogP contribution in [0.3, 0.4) is 0 Å². The predicted molar refractivity (Wildman–Crippen MR) is 117 cm³/mol. The van der Waals surface area contributed by atoms with Crippen LogP contribution in [-0.2, 0) is 14.3 Å². The highest BCUT2D eigenvalue weighted by atomic mass is 16.5. The van der Waals surface area contributed by atoms with Crippen LogP contribution in [-0.4, -0.2) is 36.5 Å². The quantitative estimate of drug-likeness (QED) is 0.536. The maximum atomic E-state index is 13.0. The zero-order chi connectivity index (χ0) is 21.7. The van der Waals surface area contributed by atoms with Gasteiger partial charge in [-0.15, -0.1) is 0 Å². The Morgan fingerprint density at radius 1 is 1.10 bits per heavy atom. The number of amides is 2. The number of carbonyl (C=O) groups excluding carboxylic acids is 3. The molecule has 7 heteroatoms. The van der Waals surface area contributed by atoms with E-state index in [2.05, 4.69) is 17.6 Å². The Balaban J connectivity index is 1.74. The van der Waals surface area contributed by atoms with Gasteiger partial charge in [0.25, 0.3) is 5.91 Å². The molecule has 1 aliphatic heterocycles. The van der Waals surface area contributed by atoms with Crippen molar-refractivity contribution in [2.45, 2.75) is 39.2 Å². The van der Waals surface area contributed by atoms with Crippen molar-refractivity contribution in [1.82, 2.24) is 0 Å². The molecule has 0 unspecified atom stereocenters. The highest BCUT2D eigenvalue weighted by molar-refractivity contribution is 6.14. The SMILES string of the molecule is CCCCNc1ccccc1C(=O)OCC(=O)N1c2ccccc2NC(=O)C1(C)C. The first-order valence-corrected chi connectivity index (χ1v) is 10.1. The number of rotatable bonds is 7. The summed E-state index contributed by atoms with van der Waals surface area (Å²) in [5.41, 5.74) is 1.05. The molecule has 2 N–H and O–H groups in total. The van der Waals surface area contributed by atoms with E-state index in [1.54, 1.807) is 50.2 Å². The Morgan fingerprint density at radius 3 is 2.57 bits per heavy atom. The molecule has 0 saturated carbocycles. The fraction of sp³-hybridized carbons (Fsp3) is 0.348. The number of carbonyl (C=O) groups is 3. The molecule has 0 aromatic heterocycles. The molecule has 0 bridgehead atoms. The van der Waals surface area contributed by atoms with Crippen molar-refractivity contribution in [3.8, 4) is 0 Å². The number of ether oxygens (including phenoxy) is 1. The number of esters is 1. The number of hydrogen-bond donors (Lipinski definition) is 2. The normalized spacial score (nSPS) is 14.5. The van der Waals surface area contributed by atoms with Gasteiger partial charge in [-0.1, -0.05) is 37.6 Å². The molecule has 0 spiro atoms. The number of unbranched alkanes of at least 4 members (excludes halogenated alkanes) is 1. The van der Waals surface area contributed by atoms with E-state index in [0.29, 0.717) is 22.6 Å². The number of anilines is 3. The number of benzene rings is 2. The van der Waals surface area contributed by atoms with Crippen LogP contribution >= 0.6 is 0 Å². The Morgan fingerprint density at radius 2 is 1.80 bits per heavy atom. The zero-order valence-electron chi connectivity index (χ0n) is 17.5. The minimum absolute atomic E-state index is 0.300. The zero-order valence-corrected chi connectivity index (χ0v) is 17.5. The Labute approximate surface area is 176 Å². The summed E-state index contributed by atoms with van der Waals surface area (Å²) in [5.74, 6) is -1.35. The van der Waals surface area contributed by atoms with Crippen LogP contribution in [0.5, 0.6) is 0 Å². The third kappa shape index (κ3) is 4.30. The summed E-state index contributed by atoms with van der Waals surface area (Å²) >= 11 is 0. The first-order chi connectivity index (χ1) is 14.4. The second kappa shape index (κ2) is 8.98. The number of fused-ring (bicyclic) bond motifs is 1. The van der Waals surface area contributed by atoms with Gasteiger partial charge in [0.15, 0.2) is 6.61 Å². The molecule has 0 aliphatic carbocycles. The lowest BCUT2D eigenvalue weighted by atomic mass is 9.96. The number of nitrogens with zero attached hydrogens (tertiary/aromatic N) is 1. The molecular formula is C23H27N3O4. The van der Waals surface area contributed by atoms with Gasteiger partial charge in [0.1, 0.15) is 5.54 Å². The summed E-state index contributed by atoms with van der Waals surface area (Å²) < 4.78 is 5.33. The maximum absolute atomic E-state index is 13.0. The molecule has 1 aliphatic rings. The molecule has 0 saturated heterocycles. The lowest BCUT2D eigenvalue weighted by Gasteiger charge is -2.41. The van der Waals surface area contributed by atoms with Crippen molar-refractivity contribution >= 4 is 34.8 Å². The minimum Gasteiger partial charge on any atom is -0.452 e. The topological polar surface area (TPSA) is 87.7 Å². The summed E-state index contributed by atoms with van der Waals surface area (Å²) in [6, 6.07) is 14.1. The van der Waals surface area contributed by atoms with E-state index < -0.39 is 24.0 Å². The second-order valence-corrected chi connectivity index (χ2v) is 7.66. The predicted octanol–water partition coefficient (Wildman–Crippen LogP) is 3.82. The minimum atomic E-state index is -1.11. The van der Waals surface area contributed by atoms with Gasteiger partial charge in [-0.25, -0.2) is 4.79 Å². The molecule has 158 valence electrons. The van der Waals surface area contributed by atoms with Gasteiger partial charge < -0.3 is 15.4 Å². The van der Waals surface area contributed by atoms with Gasteiger partial charge in [-0.3, -0.25) is 14.5 Å². The van der Waals surface area contributed by atoms with E-state index in [1.807, 2.05) is 12.1 Å². The average molecular weight is 409 g/mol. The highest BCUT2D eigenvalue weighted by Crippen LogP contribution is 2.36. The van der Waals surface area contributed by atoms with Gasteiger partial charge in [0.2, 0.25) is 5.91 Å². The number of nitrogens with one attached hydrogen (secondary N) is 2. The van der Waals surface area contributed by atoms with Crippen LogP contribution < -0.4 is 15.5 Å². The van der Waals surface area contributed by atoms with Crippen molar-refractivity contribution in [3.05, 3.63) is 54.1 Å². The van der Waals surface area contributed by atoms with Gasteiger partial charge in [0, 0.05) is 12.2 Å². The molecule has 3 rings (SSSR count). The van der Waals surface area contributed by atoms with Crippen molar-refractivity contribution in [2.75, 3.05) is 28.7 Å². The van der Waals surface area contributed by atoms with Crippen molar-refractivity contribution in [3.63, 3.8) is 0 Å². The number of para-hydroxylation sites is 3. The van der Waals surface area contributed by atoms with Gasteiger partial charge in [-0.05, 0) is 44.5 Å². The third-order valence-electron chi connectivity index (χ3n) is 5.08. The van der Waals surface area contributed by atoms with E-state index in [9.17, 15) is 14.4 Å². The standard InChI is InChI=1S/C23H27N3O4/c1-4-5-14-24-17-11-7-6-10-16(17)21(28)30-15-20(27)26-19-13-9-8-12-18(19)25-22(29)23(26,2)3/h6-13,24H,4-5,14-15H2,1-3H3,(H,25,29). The lowest BCUT2D eigenvalue weighted by Crippen LogP contribution is -2.59. The molecule has 0 radical (unpaired) electrons. The maximum Gasteiger partial charge on any atom is 0.340 e. The molecule has 7 nitrogen and oxygen atoms in total. The summed E-state index contributed by atoms with van der Waals surface area (Å²) in [6.45, 7) is 5.69. The van der Waals surface area contributed by atoms with Crippen LogP contribution in [0.15, 0.2) is 48.5 Å². The molecule has 2 amide bonds. The molecule has 2 aromatic rings. The fourth-order valence-electron chi connectivity index (χ4n) is 3.38. The molecular weight excluding hydrogens is 382 g/mol. The van der Waals surface area contributed by atoms with E-state index >= 15 is 0 Å². The molecule has 0 fully saturated rings. The van der Waals surface area contributed by atoms with E-state index in [4.69, 9.17) is 4.74 Å². The fourth-order valence-corrected chi connectivity index (χ4v) is 3.38. The van der Waals surface area contributed by atoms with Crippen molar-refractivity contribution < 1.29 is 19.1 Å². The summed E-state index contributed by atoms with van der Waals surface area (Å²) in [4.78, 5) is 39.5. The molecule has 0 atom stereocenters. The third-order valence-corrected chi connectivity index (χ3v) is 5.08. The van der Waals surface area contributed by atoms with Crippen LogP contribution in [0.25, 0.3) is 0 Å². The largest absolute Gasteiger partial charge is 0.452 e. The van der Waals surface area contributed by atoms with Gasteiger partial charge in [0.05, 0.1) is 16.9 Å². The average Bonchev–Trinajstić information content (AvgIpc) is 2.73. The Bertz CT molecular complexity index is 955. The summed E-state index contributed by atoms with van der Waals surface area (Å²) in [7, 11) is 0. The van der Waals surface area contributed by atoms with E-state index in [-0.39, 0.29) is 5.91 Å². The Kier molecular flexibility index (Phi) is 6.40. The van der Waals surface area contributed by atoms with E-state index in [0.717, 1.165) is 19.4 Å². The van der Waals surface area contributed by atoms with Gasteiger partial charge in [-0.2, -0.15) is 0 Å². The van der Waals surface area contributed by atoms with Crippen molar-refractivity contribution in [1.29, 1.82) is 0 Å². The number of hydrogen-bond acceptors (Lipinski definition) is 5. The molecule has 1 heterocycles. The van der Waals surface area contributed by atoms with Crippen LogP contribution in [0.1, 0.15) is 44.0 Å². The molecule has 30 heavy (non-hydrogen) atoms. The lowest BCUT2D eigenvalue weighted by molar-refractivity contribution is -0.128. The smallest absolute Gasteiger partial charge is 0.340 e. The van der Waals surface area contributed by atoms with Crippen LogP contribution in [0, 0.1) is 0 Å². The molecule has 2 aromatic carbocycles. The first-order valence-electron chi connectivity index (χ1n) is 10.1.